The van der Waals surface area contributed by atoms with Crippen LogP contribution in [0.5, 0.6) is 22.4 Å². The molecule has 6 aromatic rings. The molecule has 1 N–H and O–H groups in total. The van der Waals surface area contributed by atoms with Crippen molar-refractivity contribution in [2.45, 2.75) is 13.5 Å². The van der Waals surface area contributed by atoms with Crippen molar-refractivity contribution in [1.82, 2.24) is 14.6 Å². The molecule has 0 bridgehead atoms. The van der Waals surface area contributed by atoms with Gasteiger partial charge in [-0.1, -0.05) is 24.3 Å². The monoisotopic (exact) mass is 584 g/mol. The van der Waals surface area contributed by atoms with Gasteiger partial charge in [-0.2, -0.15) is 0 Å². The third kappa shape index (κ3) is 5.47. The van der Waals surface area contributed by atoms with Crippen LogP contribution in [0.15, 0.2) is 77.3 Å². The topological polar surface area (TPSA) is 126 Å². The average molecular weight is 585 g/mol. The zero-order valence-corrected chi connectivity index (χ0v) is 23.6. The van der Waals surface area contributed by atoms with Crippen LogP contribution in [-0.2, 0) is 11.4 Å². The van der Waals surface area contributed by atoms with Crippen molar-refractivity contribution in [3.05, 3.63) is 84.1 Å². The Morgan fingerprint density at radius 1 is 1.00 bits per heavy atom. The molecule has 0 aliphatic rings. The molecule has 0 saturated carbocycles. The number of aromatic nitrogens is 3. The van der Waals surface area contributed by atoms with Crippen molar-refractivity contribution in [3.63, 3.8) is 0 Å². The third-order valence-corrected chi connectivity index (χ3v) is 7.11. The summed E-state index contributed by atoms with van der Waals surface area (Å²) in [5, 5.41) is 8.44. The number of anilines is 1. The van der Waals surface area contributed by atoms with Gasteiger partial charge in [0, 0.05) is 24.7 Å². The number of amides is 1. The maximum absolute atomic E-state index is 12.9. The van der Waals surface area contributed by atoms with Crippen molar-refractivity contribution >= 4 is 44.8 Å². The standard InChI is InChI=1S/C30H24N4O7S/c1-17(35)40-24-10-5-4-9-21(24)28(36)31-19-8-6-7-18(11-19)16-39-25-12-20(37-2)13-26-22(25)14-27(41-26)23-15-34-29(32-23)42-30(33-34)38-3/h4-15H,16H2,1-3H3,(H,31,36). The number of imidazole rings is 1. The van der Waals surface area contributed by atoms with E-state index in [0.717, 1.165) is 10.9 Å². The SMILES string of the molecule is COc1cc(OCc2cccc(NC(=O)c3ccccc3OC(C)=O)c2)c2cc(-c3cn4nc(OC)sc4n3)oc2c1. The second-order valence-electron chi connectivity index (χ2n) is 9.11. The Hall–Kier alpha value is -5.36. The summed E-state index contributed by atoms with van der Waals surface area (Å²) in [4.78, 5) is 29.7. The van der Waals surface area contributed by atoms with E-state index >= 15 is 0 Å². The number of rotatable bonds is 9. The molecule has 0 saturated heterocycles. The third-order valence-electron chi connectivity index (χ3n) is 6.22. The summed E-state index contributed by atoms with van der Waals surface area (Å²) in [6.07, 6.45) is 1.77. The number of para-hydroxylation sites is 1. The molecule has 0 aliphatic heterocycles. The number of carbonyl (C=O) groups excluding carboxylic acids is 2. The molecule has 0 atom stereocenters. The Bertz CT molecular complexity index is 1910. The summed E-state index contributed by atoms with van der Waals surface area (Å²) < 4.78 is 29.8. The van der Waals surface area contributed by atoms with Gasteiger partial charge in [0.15, 0.2) is 5.76 Å². The highest BCUT2D eigenvalue weighted by molar-refractivity contribution is 7.18. The molecule has 12 heteroatoms. The van der Waals surface area contributed by atoms with E-state index in [-0.39, 0.29) is 17.9 Å². The molecule has 0 aliphatic carbocycles. The van der Waals surface area contributed by atoms with Gasteiger partial charge in [0.2, 0.25) is 4.96 Å². The van der Waals surface area contributed by atoms with Gasteiger partial charge in [-0.25, -0.2) is 9.50 Å². The van der Waals surface area contributed by atoms with Crippen LogP contribution in [0.2, 0.25) is 0 Å². The van der Waals surface area contributed by atoms with Gasteiger partial charge in [0.05, 0.1) is 31.4 Å². The normalized spacial score (nSPS) is 11.0. The van der Waals surface area contributed by atoms with E-state index in [2.05, 4.69) is 15.4 Å². The molecule has 3 aromatic heterocycles. The van der Waals surface area contributed by atoms with Crippen LogP contribution in [0.3, 0.4) is 0 Å². The van der Waals surface area contributed by atoms with Gasteiger partial charge in [0.25, 0.3) is 11.1 Å². The molecule has 212 valence electrons. The minimum atomic E-state index is -0.506. The van der Waals surface area contributed by atoms with E-state index in [0.29, 0.717) is 44.4 Å². The van der Waals surface area contributed by atoms with E-state index in [1.54, 1.807) is 67.4 Å². The highest BCUT2D eigenvalue weighted by Gasteiger charge is 2.18. The number of nitrogens with one attached hydrogen (secondary N) is 1. The van der Waals surface area contributed by atoms with Crippen LogP contribution in [-0.4, -0.2) is 40.7 Å². The Morgan fingerprint density at radius 2 is 1.86 bits per heavy atom. The Labute approximate surface area is 243 Å². The number of benzene rings is 3. The highest BCUT2D eigenvalue weighted by Crippen LogP contribution is 2.37. The fourth-order valence-electron chi connectivity index (χ4n) is 4.33. The first-order chi connectivity index (χ1) is 20.4. The van der Waals surface area contributed by atoms with Gasteiger partial charge in [-0.15, -0.1) is 5.10 Å². The first-order valence-corrected chi connectivity index (χ1v) is 13.5. The van der Waals surface area contributed by atoms with Crippen molar-refractivity contribution in [2.24, 2.45) is 0 Å². The lowest BCUT2D eigenvalue weighted by Crippen LogP contribution is -2.15. The zero-order chi connectivity index (χ0) is 29.2. The maximum atomic E-state index is 12.9. The number of hydrogen-bond acceptors (Lipinski definition) is 10. The summed E-state index contributed by atoms with van der Waals surface area (Å²) in [6, 6.07) is 19.3. The molecule has 6 rings (SSSR count). The summed E-state index contributed by atoms with van der Waals surface area (Å²) >= 11 is 1.33. The molecule has 11 nitrogen and oxygen atoms in total. The number of hydrogen-bond donors (Lipinski definition) is 1. The predicted octanol–water partition coefficient (Wildman–Crippen LogP) is 5.98. The van der Waals surface area contributed by atoms with Crippen molar-refractivity contribution in [3.8, 4) is 33.9 Å². The van der Waals surface area contributed by atoms with Gasteiger partial charge in [-0.3, -0.25) is 9.59 Å². The number of methoxy groups -OCH3 is 2. The predicted molar refractivity (Wildman–Crippen MR) is 156 cm³/mol. The first kappa shape index (κ1) is 26.8. The molecule has 1 amide bonds. The average Bonchev–Trinajstić information content (AvgIpc) is 3.69. The van der Waals surface area contributed by atoms with E-state index < -0.39 is 11.9 Å². The number of esters is 1. The largest absolute Gasteiger partial charge is 0.496 e. The van der Waals surface area contributed by atoms with Crippen molar-refractivity contribution in [2.75, 3.05) is 19.5 Å². The number of fused-ring (bicyclic) bond motifs is 2. The van der Waals surface area contributed by atoms with Crippen LogP contribution in [0, 0.1) is 0 Å². The fraction of sp³-hybridized carbons (Fsp3) is 0.133. The van der Waals surface area contributed by atoms with E-state index in [4.69, 9.17) is 23.4 Å². The Morgan fingerprint density at radius 3 is 2.64 bits per heavy atom. The minimum Gasteiger partial charge on any atom is -0.496 e. The second kappa shape index (κ2) is 11.3. The number of nitrogens with zero attached hydrogens (tertiary/aromatic N) is 3. The second-order valence-corrected chi connectivity index (χ2v) is 10.0. The molecule has 0 spiro atoms. The van der Waals surface area contributed by atoms with Gasteiger partial charge >= 0.3 is 5.97 Å². The molecule has 0 unspecified atom stereocenters. The molecular weight excluding hydrogens is 560 g/mol. The maximum Gasteiger partial charge on any atom is 0.308 e. The van der Waals surface area contributed by atoms with E-state index in [1.807, 2.05) is 24.3 Å². The van der Waals surface area contributed by atoms with E-state index in [9.17, 15) is 9.59 Å². The van der Waals surface area contributed by atoms with Crippen LogP contribution in [0.1, 0.15) is 22.8 Å². The van der Waals surface area contributed by atoms with Crippen LogP contribution < -0.4 is 24.3 Å². The number of carbonyl (C=O) groups is 2. The minimum absolute atomic E-state index is 0.190. The summed E-state index contributed by atoms with van der Waals surface area (Å²) in [6.45, 7) is 1.49. The van der Waals surface area contributed by atoms with Gasteiger partial charge in [-0.05, 0) is 47.2 Å². The van der Waals surface area contributed by atoms with E-state index in [1.165, 1.54) is 18.3 Å². The van der Waals surface area contributed by atoms with Gasteiger partial charge in [0.1, 0.15) is 35.1 Å². The quantitative estimate of drug-likeness (QED) is 0.161. The van der Waals surface area contributed by atoms with Crippen molar-refractivity contribution < 1.29 is 33.0 Å². The van der Waals surface area contributed by atoms with Crippen LogP contribution in [0.25, 0.3) is 27.4 Å². The lowest BCUT2D eigenvalue weighted by atomic mass is 10.1. The summed E-state index contributed by atoms with van der Waals surface area (Å²) in [7, 11) is 3.13. The zero-order valence-electron chi connectivity index (χ0n) is 22.7. The lowest BCUT2D eigenvalue weighted by molar-refractivity contribution is -0.131. The molecule has 0 radical (unpaired) electrons. The molecule has 3 heterocycles. The number of furan rings is 1. The molecular formula is C30H24N4O7S. The fourth-order valence-corrected chi connectivity index (χ4v) is 5.03. The number of ether oxygens (including phenoxy) is 4. The smallest absolute Gasteiger partial charge is 0.308 e. The lowest BCUT2D eigenvalue weighted by Gasteiger charge is -2.12. The summed E-state index contributed by atoms with van der Waals surface area (Å²) in [5.74, 6) is 0.966. The van der Waals surface area contributed by atoms with Gasteiger partial charge < -0.3 is 28.7 Å². The Kier molecular flexibility index (Phi) is 7.19. The van der Waals surface area contributed by atoms with Crippen molar-refractivity contribution in [1.29, 1.82) is 0 Å². The first-order valence-electron chi connectivity index (χ1n) is 12.7. The van der Waals surface area contributed by atoms with Crippen LogP contribution >= 0.6 is 11.3 Å². The molecule has 3 aromatic carbocycles. The highest BCUT2D eigenvalue weighted by atomic mass is 32.1. The molecule has 42 heavy (non-hydrogen) atoms. The summed E-state index contributed by atoms with van der Waals surface area (Å²) in [5.41, 5.74) is 2.82. The van der Waals surface area contributed by atoms with Crippen LogP contribution in [0.4, 0.5) is 5.69 Å². The Balaban J connectivity index is 1.22. The molecule has 0 fully saturated rings.